The Kier molecular flexibility index (Phi) is 6.13. The lowest BCUT2D eigenvalue weighted by Gasteiger charge is -2.46. The summed E-state index contributed by atoms with van der Waals surface area (Å²) in [6.07, 6.45) is 1.27. The van der Waals surface area contributed by atoms with Gasteiger partial charge in [0.25, 0.3) is 0 Å². The van der Waals surface area contributed by atoms with E-state index in [2.05, 4.69) is 17.9 Å². The molecular formula is C25H26FN5O2S2. The van der Waals surface area contributed by atoms with Crippen molar-refractivity contribution in [1.29, 1.82) is 5.26 Å². The van der Waals surface area contributed by atoms with Crippen LogP contribution in [0.4, 0.5) is 10.1 Å². The van der Waals surface area contributed by atoms with Gasteiger partial charge in [0.15, 0.2) is 0 Å². The van der Waals surface area contributed by atoms with Crippen LogP contribution in [0.1, 0.15) is 30.3 Å². The zero-order valence-electron chi connectivity index (χ0n) is 19.6. The molecule has 0 N–H and O–H groups in total. The van der Waals surface area contributed by atoms with Crippen molar-refractivity contribution >= 4 is 27.2 Å². The molecule has 2 atom stereocenters. The predicted octanol–water partition coefficient (Wildman–Crippen LogP) is 4.24. The Hall–Kier alpha value is -2.84. The first-order chi connectivity index (χ1) is 16.7. The maximum absolute atomic E-state index is 14.0. The molecule has 10 heteroatoms. The van der Waals surface area contributed by atoms with E-state index in [1.807, 2.05) is 23.6 Å². The number of nitriles is 1. The summed E-state index contributed by atoms with van der Waals surface area (Å²) in [5, 5.41) is 12.1. The number of anilines is 1. The van der Waals surface area contributed by atoms with Crippen LogP contribution in [0.5, 0.6) is 0 Å². The molecule has 2 aromatic carbocycles. The summed E-state index contributed by atoms with van der Waals surface area (Å²) >= 11 is 1.58. The third-order valence-electron chi connectivity index (χ3n) is 6.96. The number of hydrogen-bond acceptors (Lipinski definition) is 6. The molecule has 182 valence electrons. The van der Waals surface area contributed by atoms with Crippen LogP contribution in [0.3, 0.4) is 0 Å². The number of rotatable bonds is 4. The highest BCUT2D eigenvalue weighted by atomic mass is 32.2. The van der Waals surface area contributed by atoms with Crippen LogP contribution < -0.4 is 4.31 Å². The fourth-order valence-corrected chi connectivity index (χ4v) is 7.91. The molecule has 2 saturated heterocycles. The number of piperidine rings is 1. The number of benzene rings is 2. The molecule has 2 fully saturated rings. The summed E-state index contributed by atoms with van der Waals surface area (Å²) in [4.78, 5) is 7.12. The van der Waals surface area contributed by atoms with Crippen LogP contribution in [0, 0.1) is 17.1 Å². The van der Waals surface area contributed by atoms with Crippen molar-refractivity contribution in [2.24, 2.45) is 0 Å². The Morgan fingerprint density at radius 3 is 2.80 bits per heavy atom. The summed E-state index contributed by atoms with van der Waals surface area (Å²) in [5.74, 6) is -0.451. The number of hydrogen-bond donors (Lipinski definition) is 0. The van der Waals surface area contributed by atoms with Gasteiger partial charge in [-0.2, -0.15) is 18.0 Å². The second-order valence-electron chi connectivity index (χ2n) is 9.33. The van der Waals surface area contributed by atoms with Crippen molar-refractivity contribution in [2.45, 2.75) is 37.9 Å². The van der Waals surface area contributed by atoms with E-state index >= 15 is 0 Å². The lowest BCUT2D eigenvalue weighted by atomic mass is 9.83. The van der Waals surface area contributed by atoms with Crippen molar-refractivity contribution < 1.29 is 12.8 Å². The average Bonchev–Trinajstić information content (AvgIpc) is 3.36. The molecule has 0 amide bonds. The van der Waals surface area contributed by atoms with Gasteiger partial charge in [-0.3, -0.25) is 9.21 Å². The first-order valence-corrected chi connectivity index (χ1v) is 13.7. The van der Waals surface area contributed by atoms with Gasteiger partial charge in [0, 0.05) is 37.1 Å². The molecule has 0 bridgehead atoms. The molecule has 3 heterocycles. The van der Waals surface area contributed by atoms with Gasteiger partial charge < -0.3 is 0 Å². The van der Waals surface area contributed by atoms with Crippen LogP contribution in [0.15, 0.2) is 53.9 Å². The lowest BCUT2D eigenvalue weighted by Crippen LogP contribution is -2.57. The third-order valence-corrected chi connectivity index (χ3v) is 9.77. The van der Waals surface area contributed by atoms with Crippen molar-refractivity contribution in [3.05, 3.63) is 70.3 Å². The van der Waals surface area contributed by atoms with Crippen molar-refractivity contribution in [3.8, 4) is 17.3 Å². The van der Waals surface area contributed by atoms with Crippen LogP contribution in [-0.2, 0) is 16.8 Å². The molecule has 0 unspecified atom stereocenters. The Bertz CT molecular complexity index is 1400. The van der Waals surface area contributed by atoms with E-state index in [-0.39, 0.29) is 6.04 Å². The summed E-state index contributed by atoms with van der Waals surface area (Å²) < 4.78 is 43.3. The Balaban J connectivity index is 1.35. The monoisotopic (exact) mass is 511 g/mol. The molecule has 1 spiro atoms. The van der Waals surface area contributed by atoms with Gasteiger partial charge >= 0.3 is 10.2 Å². The lowest BCUT2D eigenvalue weighted by molar-refractivity contribution is 0.100. The van der Waals surface area contributed by atoms with Gasteiger partial charge in [-0.05, 0) is 50.1 Å². The normalized spacial score (nSPS) is 24.6. The van der Waals surface area contributed by atoms with E-state index in [0.717, 1.165) is 16.3 Å². The van der Waals surface area contributed by atoms with Crippen molar-refractivity contribution in [1.82, 2.24) is 14.2 Å². The van der Waals surface area contributed by atoms with Gasteiger partial charge in [-0.15, -0.1) is 11.3 Å². The minimum Gasteiger partial charge on any atom is -0.294 e. The smallest absolute Gasteiger partial charge is 0.294 e. The van der Waals surface area contributed by atoms with Crippen LogP contribution in [0.25, 0.3) is 11.3 Å². The molecule has 1 aromatic heterocycles. The number of likely N-dealkylation sites (tertiary alicyclic amines) is 1. The Morgan fingerprint density at radius 2 is 2.06 bits per heavy atom. The Morgan fingerprint density at radius 1 is 1.26 bits per heavy atom. The highest BCUT2D eigenvalue weighted by Gasteiger charge is 2.55. The summed E-state index contributed by atoms with van der Waals surface area (Å²) in [7, 11) is -2.14. The molecule has 7 nitrogen and oxygen atoms in total. The van der Waals surface area contributed by atoms with Gasteiger partial charge in [0.1, 0.15) is 10.8 Å². The number of aromatic nitrogens is 1. The molecule has 0 saturated carbocycles. The van der Waals surface area contributed by atoms with Crippen LogP contribution >= 0.6 is 11.3 Å². The zero-order chi connectivity index (χ0) is 24.8. The maximum Gasteiger partial charge on any atom is 0.304 e. The van der Waals surface area contributed by atoms with E-state index in [0.29, 0.717) is 43.7 Å². The standard InChI is InChI=1S/C25H26FN5O2S2/c1-18-13-25(17-29(2)35(32,33)31(25)22-8-4-7-21(26)12-22)9-10-30(18)15-24-28-23(16-34-24)20-6-3-5-19(11-20)14-27/h3-8,11-12,16,18H,9-10,13,15,17H2,1-2H3/t18-,25+/m0/s1. The van der Waals surface area contributed by atoms with E-state index in [1.54, 1.807) is 36.6 Å². The predicted molar refractivity (Wildman–Crippen MR) is 135 cm³/mol. The summed E-state index contributed by atoms with van der Waals surface area (Å²) in [5.41, 5.74) is 2.12. The number of thiazole rings is 1. The quantitative estimate of drug-likeness (QED) is 0.523. The minimum atomic E-state index is -3.73. The topological polar surface area (TPSA) is 80.5 Å². The molecule has 2 aliphatic heterocycles. The molecule has 35 heavy (non-hydrogen) atoms. The van der Waals surface area contributed by atoms with E-state index in [1.165, 1.54) is 20.7 Å². The first kappa shape index (κ1) is 23.9. The van der Waals surface area contributed by atoms with Gasteiger partial charge in [0.2, 0.25) is 0 Å². The van der Waals surface area contributed by atoms with Gasteiger partial charge in [-0.25, -0.2) is 9.37 Å². The van der Waals surface area contributed by atoms with Gasteiger partial charge in [0.05, 0.1) is 35.1 Å². The van der Waals surface area contributed by atoms with E-state index < -0.39 is 21.6 Å². The fraction of sp³-hybridized carbons (Fsp3) is 0.360. The highest BCUT2D eigenvalue weighted by molar-refractivity contribution is 7.90. The number of likely N-dealkylation sites (N-methyl/N-ethyl adjacent to an activating group) is 1. The van der Waals surface area contributed by atoms with Crippen molar-refractivity contribution in [3.63, 3.8) is 0 Å². The third kappa shape index (κ3) is 4.34. The molecule has 2 aliphatic rings. The van der Waals surface area contributed by atoms with E-state index in [9.17, 15) is 12.8 Å². The van der Waals surface area contributed by atoms with Crippen LogP contribution in [-0.4, -0.2) is 54.3 Å². The number of nitrogens with zero attached hydrogens (tertiary/aromatic N) is 5. The first-order valence-electron chi connectivity index (χ1n) is 11.4. The molecule has 0 radical (unpaired) electrons. The van der Waals surface area contributed by atoms with Crippen molar-refractivity contribution in [2.75, 3.05) is 24.4 Å². The fourth-order valence-electron chi connectivity index (χ4n) is 5.31. The maximum atomic E-state index is 14.0. The molecule has 0 aliphatic carbocycles. The largest absolute Gasteiger partial charge is 0.304 e. The van der Waals surface area contributed by atoms with Crippen LogP contribution in [0.2, 0.25) is 0 Å². The Labute approximate surface area is 209 Å². The van der Waals surface area contributed by atoms with E-state index in [4.69, 9.17) is 10.2 Å². The average molecular weight is 512 g/mol. The zero-order valence-corrected chi connectivity index (χ0v) is 21.2. The molecule has 5 rings (SSSR count). The summed E-state index contributed by atoms with van der Waals surface area (Å²) in [6, 6.07) is 15.5. The second kappa shape index (κ2) is 8.99. The van der Waals surface area contributed by atoms with Gasteiger partial charge in [-0.1, -0.05) is 18.2 Å². The SMILES string of the molecule is C[C@H]1C[C@]2(CCN1Cc1nc(-c3cccc(C#N)c3)cs1)CN(C)S(=O)(=O)N2c1cccc(F)c1. The summed E-state index contributed by atoms with van der Waals surface area (Å²) in [6.45, 7) is 3.86. The number of halogens is 1. The molecular weight excluding hydrogens is 485 g/mol. The second-order valence-corrected chi connectivity index (χ2v) is 12.2. The minimum absolute atomic E-state index is 0.107. The highest BCUT2D eigenvalue weighted by Crippen LogP contribution is 2.44. The molecule has 3 aromatic rings.